The third kappa shape index (κ3) is 11.1. The molecule has 0 aliphatic rings. The summed E-state index contributed by atoms with van der Waals surface area (Å²) in [6.07, 6.45) is 6.77. The summed E-state index contributed by atoms with van der Waals surface area (Å²) < 4.78 is 0. The average Bonchev–Trinajstić information content (AvgIpc) is 3.59. The maximum Gasteiger partial charge on any atom is 0.326 e. The molecule has 220 valence electrons. The molecule has 0 saturated heterocycles. The monoisotopic (exact) mass is 561 g/mol. The van der Waals surface area contributed by atoms with E-state index in [1.54, 1.807) is 0 Å². The van der Waals surface area contributed by atoms with Gasteiger partial charge in [0.15, 0.2) is 5.96 Å². The summed E-state index contributed by atoms with van der Waals surface area (Å²) in [6.45, 7) is 3.96. The van der Waals surface area contributed by atoms with E-state index >= 15 is 0 Å². The zero-order valence-corrected chi connectivity index (χ0v) is 22.6. The first kappa shape index (κ1) is 31.7. The molecule has 0 aliphatic heterocycles. The zero-order valence-electron chi connectivity index (χ0n) is 22.6. The Morgan fingerprint density at radius 2 is 1.40 bits per heavy atom. The van der Waals surface area contributed by atoms with Crippen molar-refractivity contribution in [2.45, 2.75) is 70.1 Å². The maximum atomic E-state index is 13.4. The van der Waals surface area contributed by atoms with Crippen molar-refractivity contribution in [1.29, 1.82) is 0 Å². The van der Waals surface area contributed by atoms with E-state index in [9.17, 15) is 24.3 Å². The van der Waals surface area contributed by atoms with Crippen molar-refractivity contribution in [2.75, 3.05) is 6.54 Å². The van der Waals surface area contributed by atoms with Gasteiger partial charge < -0.3 is 48.2 Å². The number of H-pyrrole nitrogens is 2. The van der Waals surface area contributed by atoms with E-state index in [-0.39, 0.29) is 37.6 Å². The van der Waals surface area contributed by atoms with Crippen molar-refractivity contribution in [2.24, 2.45) is 28.1 Å². The van der Waals surface area contributed by atoms with Crippen molar-refractivity contribution in [1.82, 2.24) is 35.9 Å². The Kier molecular flexibility index (Phi) is 12.6. The van der Waals surface area contributed by atoms with Gasteiger partial charge in [-0.3, -0.25) is 19.4 Å². The normalized spacial score (nSPS) is 14.0. The number of guanidine groups is 1. The fraction of sp³-hybridized carbons (Fsp3) is 0.542. The highest BCUT2D eigenvalue weighted by molar-refractivity contribution is 5.94. The molecule has 12 N–H and O–H groups in total. The van der Waals surface area contributed by atoms with Crippen LogP contribution in [0.25, 0.3) is 0 Å². The molecule has 3 amide bonds. The second kappa shape index (κ2) is 15.8. The van der Waals surface area contributed by atoms with E-state index in [2.05, 4.69) is 40.9 Å². The summed E-state index contributed by atoms with van der Waals surface area (Å²) in [5.41, 5.74) is 17.7. The van der Waals surface area contributed by atoms with Crippen LogP contribution in [-0.2, 0) is 32.0 Å². The first-order valence-corrected chi connectivity index (χ1v) is 12.9. The molecule has 0 spiro atoms. The van der Waals surface area contributed by atoms with Crippen LogP contribution in [-0.4, -0.2) is 85.4 Å². The van der Waals surface area contributed by atoms with Crippen molar-refractivity contribution < 1.29 is 24.3 Å². The number of hydrogen-bond donors (Lipinski definition) is 9. The smallest absolute Gasteiger partial charge is 0.326 e. The van der Waals surface area contributed by atoms with Crippen molar-refractivity contribution in [3.05, 3.63) is 36.4 Å². The van der Waals surface area contributed by atoms with Gasteiger partial charge in [0.2, 0.25) is 17.7 Å². The number of imidazole rings is 2. The molecule has 2 heterocycles. The van der Waals surface area contributed by atoms with E-state index in [4.69, 9.17) is 17.2 Å². The van der Waals surface area contributed by atoms with Crippen LogP contribution < -0.4 is 33.2 Å². The third-order valence-electron chi connectivity index (χ3n) is 5.85. The summed E-state index contributed by atoms with van der Waals surface area (Å²) in [5, 5.41) is 17.4. The number of aromatic nitrogens is 4. The molecule has 4 atom stereocenters. The van der Waals surface area contributed by atoms with Crippen LogP contribution in [0, 0.1) is 5.92 Å². The molecule has 2 rings (SSSR count). The molecule has 2 aromatic heterocycles. The number of nitrogens with two attached hydrogens (primary N) is 3. The number of aromatic amines is 2. The molecule has 0 saturated carbocycles. The summed E-state index contributed by atoms with van der Waals surface area (Å²) in [7, 11) is 0. The lowest BCUT2D eigenvalue weighted by Crippen LogP contribution is -2.58. The fourth-order valence-electron chi connectivity index (χ4n) is 3.82. The molecule has 2 aromatic rings. The lowest BCUT2D eigenvalue weighted by atomic mass is 10.0. The SMILES string of the molecule is CC(C)CC(NC(=O)C(Cc1cnc[nH]1)NC(=O)C(Cc1cnc[nH]1)NC(=O)C(N)CCCN=C(N)N)C(=O)O. The van der Waals surface area contributed by atoms with Gasteiger partial charge in [-0.05, 0) is 25.2 Å². The summed E-state index contributed by atoms with van der Waals surface area (Å²) in [6, 6.07) is -4.38. The number of nitrogens with zero attached hydrogens (tertiary/aromatic N) is 3. The minimum atomic E-state index is -1.19. The van der Waals surface area contributed by atoms with Crippen LogP contribution in [0.4, 0.5) is 0 Å². The van der Waals surface area contributed by atoms with E-state index in [1.165, 1.54) is 25.0 Å². The standard InChI is InChI=1S/C24H39N11O5/c1-13(2)6-19(23(39)40)35-22(38)18(8-15-10-29-12-32-15)34-21(37)17(7-14-9-28-11-31-14)33-20(36)16(25)4-3-5-30-24(26)27/h9-13,16-19H,3-8,25H2,1-2H3,(H,28,31)(H,29,32)(H,33,36)(H,34,37)(H,35,38)(H,39,40)(H4,26,27,30). The number of rotatable bonds is 17. The number of hydrogen-bond acceptors (Lipinski definition) is 8. The quantitative estimate of drug-likeness (QED) is 0.0575. The summed E-state index contributed by atoms with van der Waals surface area (Å²) in [4.78, 5) is 68.6. The van der Waals surface area contributed by atoms with Gasteiger partial charge in [-0.2, -0.15) is 0 Å². The highest BCUT2D eigenvalue weighted by atomic mass is 16.4. The Labute approximate surface area is 231 Å². The Morgan fingerprint density at radius 1 is 0.900 bits per heavy atom. The molecule has 16 nitrogen and oxygen atoms in total. The molecule has 0 radical (unpaired) electrons. The molecule has 0 fully saturated rings. The number of carbonyl (C=O) groups is 4. The molecule has 0 aromatic carbocycles. The maximum absolute atomic E-state index is 13.4. The van der Waals surface area contributed by atoms with E-state index in [0.717, 1.165) is 0 Å². The number of aliphatic imine (C=N–C) groups is 1. The largest absolute Gasteiger partial charge is 0.480 e. The summed E-state index contributed by atoms with van der Waals surface area (Å²) >= 11 is 0. The molecule has 0 bridgehead atoms. The average molecular weight is 562 g/mol. The van der Waals surface area contributed by atoms with Crippen LogP contribution in [0.15, 0.2) is 30.0 Å². The van der Waals surface area contributed by atoms with Gasteiger partial charge in [-0.25, -0.2) is 14.8 Å². The first-order chi connectivity index (χ1) is 19.0. The van der Waals surface area contributed by atoms with Gasteiger partial charge in [-0.1, -0.05) is 13.8 Å². The lowest BCUT2D eigenvalue weighted by Gasteiger charge is -2.25. The van der Waals surface area contributed by atoms with Gasteiger partial charge in [0, 0.05) is 43.2 Å². The van der Waals surface area contributed by atoms with Crippen LogP contribution >= 0.6 is 0 Å². The van der Waals surface area contributed by atoms with Crippen molar-refractivity contribution in [3.63, 3.8) is 0 Å². The number of aliphatic carboxylic acids is 1. The fourth-order valence-corrected chi connectivity index (χ4v) is 3.82. The van der Waals surface area contributed by atoms with E-state index < -0.39 is 47.9 Å². The van der Waals surface area contributed by atoms with Crippen molar-refractivity contribution in [3.8, 4) is 0 Å². The molecule has 40 heavy (non-hydrogen) atoms. The number of amides is 3. The van der Waals surface area contributed by atoms with Gasteiger partial charge in [0.05, 0.1) is 18.7 Å². The second-order valence-electron chi connectivity index (χ2n) is 9.77. The first-order valence-electron chi connectivity index (χ1n) is 12.9. The highest BCUT2D eigenvalue weighted by Gasteiger charge is 2.31. The van der Waals surface area contributed by atoms with Crippen LogP contribution in [0.5, 0.6) is 0 Å². The molecular weight excluding hydrogens is 522 g/mol. The van der Waals surface area contributed by atoms with Crippen LogP contribution in [0.1, 0.15) is 44.5 Å². The Bertz CT molecular complexity index is 1110. The predicted molar refractivity (Wildman–Crippen MR) is 145 cm³/mol. The Hall–Kier alpha value is -4.47. The van der Waals surface area contributed by atoms with Crippen molar-refractivity contribution >= 4 is 29.7 Å². The van der Waals surface area contributed by atoms with Gasteiger partial charge in [0.1, 0.15) is 18.1 Å². The van der Waals surface area contributed by atoms with Crippen LogP contribution in [0.2, 0.25) is 0 Å². The zero-order chi connectivity index (χ0) is 29.7. The molecule has 4 unspecified atom stereocenters. The van der Waals surface area contributed by atoms with Gasteiger partial charge >= 0.3 is 5.97 Å². The van der Waals surface area contributed by atoms with E-state index in [0.29, 0.717) is 24.4 Å². The number of carboxylic acids is 1. The molecular formula is C24H39N11O5. The predicted octanol–water partition coefficient (Wildman–Crippen LogP) is -2.12. The summed E-state index contributed by atoms with van der Waals surface area (Å²) in [5.74, 6) is -3.21. The minimum absolute atomic E-state index is 0.000258. The molecule has 0 aliphatic carbocycles. The lowest BCUT2D eigenvalue weighted by molar-refractivity contribution is -0.142. The minimum Gasteiger partial charge on any atom is -0.480 e. The van der Waals surface area contributed by atoms with E-state index in [1.807, 2.05) is 13.8 Å². The van der Waals surface area contributed by atoms with Gasteiger partial charge in [0.25, 0.3) is 0 Å². The number of carbonyl (C=O) groups excluding carboxylic acids is 3. The number of nitrogens with one attached hydrogen (secondary N) is 5. The highest BCUT2D eigenvalue weighted by Crippen LogP contribution is 2.08. The topological polar surface area (TPSA) is 272 Å². The Morgan fingerprint density at radius 3 is 1.82 bits per heavy atom. The molecule has 16 heteroatoms. The second-order valence-corrected chi connectivity index (χ2v) is 9.77. The number of carboxylic acid groups (broad SMARTS) is 1. The Balaban J connectivity index is 2.18. The van der Waals surface area contributed by atoms with Crippen LogP contribution in [0.3, 0.4) is 0 Å². The third-order valence-corrected chi connectivity index (χ3v) is 5.85. The van der Waals surface area contributed by atoms with Gasteiger partial charge in [-0.15, -0.1) is 0 Å².